The van der Waals surface area contributed by atoms with Gasteiger partial charge in [0.1, 0.15) is 5.75 Å². The van der Waals surface area contributed by atoms with Gasteiger partial charge in [0.15, 0.2) is 6.10 Å². The van der Waals surface area contributed by atoms with Crippen molar-refractivity contribution >= 4 is 0 Å². The van der Waals surface area contributed by atoms with Gasteiger partial charge in [0.2, 0.25) is 5.89 Å². The second-order valence-electron chi connectivity index (χ2n) is 3.98. The maximum Gasteiger partial charge on any atom is 0.257 e. The van der Waals surface area contributed by atoms with Crippen LogP contribution in [-0.2, 0) is 13.0 Å². The Kier molecular flexibility index (Phi) is 2.53. The third-order valence-corrected chi connectivity index (χ3v) is 2.73. The number of nitrogens with zero attached hydrogens (tertiary/aromatic N) is 2. The second kappa shape index (κ2) is 4.18. The normalized spacial score (nSPS) is 17.8. The van der Waals surface area contributed by atoms with Gasteiger partial charge in [0.25, 0.3) is 5.89 Å². The van der Waals surface area contributed by atoms with Crippen molar-refractivity contribution in [2.24, 2.45) is 0 Å². The molecule has 2 heterocycles. The first kappa shape index (κ1) is 10.3. The number of para-hydroxylation sites is 1. The van der Waals surface area contributed by atoms with E-state index in [4.69, 9.17) is 9.15 Å². The monoisotopic (exact) mass is 231 g/mol. The van der Waals surface area contributed by atoms with E-state index >= 15 is 0 Å². The first-order valence-electron chi connectivity index (χ1n) is 5.58. The van der Waals surface area contributed by atoms with Crippen LogP contribution >= 0.6 is 0 Å². The standard InChI is InChI=1S/C12H13N3O2/c1-13-7-11-14-15-12(17-11)10-6-8-4-2-3-5-9(8)16-10/h2-5,10,13H,6-7H2,1H3. The van der Waals surface area contributed by atoms with E-state index in [2.05, 4.69) is 21.6 Å². The number of hydrogen-bond donors (Lipinski definition) is 1. The molecule has 0 bridgehead atoms. The van der Waals surface area contributed by atoms with E-state index in [0.717, 1.165) is 12.2 Å². The van der Waals surface area contributed by atoms with Gasteiger partial charge in [-0.1, -0.05) is 18.2 Å². The summed E-state index contributed by atoms with van der Waals surface area (Å²) in [4.78, 5) is 0. The number of rotatable bonds is 3. The number of fused-ring (bicyclic) bond motifs is 1. The summed E-state index contributed by atoms with van der Waals surface area (Å²) < 4.78 is 11.3. The minimum Gasteiger partial charge on any atom is -0.480 e. The van der Waals surface area contributed by atoms with Gasteiger partial charge >= 0.3 is 0 Å². The molecule has 0 radical (unpaired) electrons. The van der Waals surface area contributed by atoms with Crippen LogP contribution in [0.1, 0.15) is 23.4 Å². The molecular weight excluding hydrogens is 218 g/mol. The molecule has 0 aliphatic carbocycles. The van der Waals surface area contributed by atoms with Crippen LogP contribution in [0.5, 0.6) is 5.75 Å². The number of nitrogens with one attached hydrogen (secondary N) is 1. The highest BCUT2D eigenvalue weighted by Gasteiger charge is 2.28. The minimum atomic E-state index is -0.148. The van der Waals surface area contributed by atoms with Gasteiger partial charge in [-0.15, -0.1) is 10.2 Å². The van der Waals surface area contributed by atoms with E-state index in [1.165, 1.54) is 5.56 Å². The van der Waals surface area contributed by atoms with E-state index in [1.54, 1.807) is 0 Å². The molecule has 0 fully saturated rings. The predicted molar refractivity (Wildman–Crippen MR) is 60.6 cm³/mol. The third kappa shape index (κ3) is 1.89. The second-order valence-corrected chi connectivity index (χ2v) is 3.98. The largest absolute Gasteiger partial charge is 0.480 e. The van der Waals surface area contributed by atoms with Gasteiger partial charge in [0.05, 0.1) is 6.54 Å². The summed E-state index contributed by atoms with van der Waals surface area (Å²) in [5.41, 5.74) is 1.19. The van der Waals surface area contributed by atoms with Crippen LogP contribution in [0.15, 0.2) is 28.7 Å². The zero-order chi connectivity index (χ0) is 11.7. The molecule has 1 aromatic carbocycles. The van der Waals surface area contributed by atoms with Crippen LogP contribution < -0.4 is 10.1 Å². The minimum absolute atomic E-state index is 0.148. The molecule has 17 heavy (non-hydrogen) atoms. The first-order valence-corrected chi connectivity index (χ1v) is 5.58. The lowest BCUT2D eigenvalue weighted by Crippen LogP contribution is -2.05. The summed E-state index contributed by atoms with van der Waals surface area (Å²) in [5, 5.41) is 10.9. The van der Waals surface area contributed by atoms with Crippen LogP contribution in [0.4, 0.5) is 0 Å². The van der Waals surface area contributed by atoms with Crippen molar-refractivity contribution in [2.75, 3.05) is 7.05 Å². The number of hydrogen-bond acceptors (Lipinski definition) is 5. The molecule has 3 rings (SSSR count). The molecule has 1 aliphatic heterocycles. The third-order valence-electron chi connectivity index (χ3n) is 2.73. The predicted octanol–water partition coefficient (Wildman–Crippen LogP) is 1.47. The fraction of sp³-hybridized carbons (Fsp3) is 0.333. The Morgan fingerprint density at radius 1 is 1.35 bits per heavy atom. The highest BCUT2D eigenvalue weighted by Crippen LogP contribution is 2.35. The van der Waals surface area contributed by atoms with E-state index in [-0.39, 0.29) is 6.10 Å². The Bertz CT molecular complexity index is 499. The van der Waals surface area contributed by atoms with Gasteiger partial charge in [0, 0.05) is 6.42 Å². The van der Waals surface area contributed by atoms with Crippen molar-refractivity contribution in [3.8, 4) is 5.75 Å². The lowest BCUT2D eigenvalue weighted by Gasteiger charge is -2.04. The average Bonchev–Trinajstić information content (AvgIpc) is 2.94. The van der Waals surface area contributed by atoms with Gasteiger partial charge in [-0.25, -0.2) is 0 Å². The summed E-state index contributed by atoms with van der Waals surface area (Å²) in [7, 11) is 1.84. The maximum absolute atomic E-state index is 5.77. The molecule has 1 aromatic heterocycles. The molecule has 1 N–H and O–H groups in total. The molecular formula is C12H13N3O2. The molecule has 1 aliphatic rings. The summed E-state index contributed by atoms with van der Waals surface area (Å²) in [6.07, 6.45) is 0.641. The van der Waals surface area contributed by atoms with Crippen LogP contribution in [0.2, 0.25) is 0 Å². The van der Waals surface area contributed by atoms with Crippen molar-refractivity contribution in [1.82, 2.24) is 15.5 Å². The molecule has 0 amide bonds. The number of benzene rings is 1. The van der Waals surface area contributed by atoms with Gasteiger partial charge in [-0.2, -0.15) is 0 Å². The molecule has 0 saturated heterocycles. The number of ether oxygens (including phenoxy) is 1. The van der Waals surface area contributed by atoms with Gasteiger partial charge < -0.3 is 14.5 Å². The first-order chi connectivity index (χ1) is 8.36. The molecule has 0 saturated carbocycles. The quantitative estimate of drug-likeness (QED) is 0.866. The fourth-order valence-electron chi connectivity index (χ4n) is 1.94. The Balaban J connectivity index is 1.79. The molecule has 5 nitrogen and oxygen atoms in total. The zero-order valence-electron chi connectivity index (χ0n) is 9.51. The van der Waals surface area contributed by atoms with Crippen molar-refractivity contribution < 1.29 is 9.15 Å². The topological polar surface area (TPSA) is 60.2 Å². The van der Waals surface area contributed by atoms with E-state index in [9.17, 15) is 0 Å². The Hall–Kier alpha value is -1.88. The highest BCUT2D eigenvalue weighted by atomic mass is 16.5. The lowest BCUT2D eigenvalue weighted by molar-refractivity contribution is 0.194. The fourth-order valence-corrected chi connectivity index (χ4v) is 1.94. The number of aromatic nitrogens is 2. The SMILES string of the molecule is CNCc1nnc(C2Cc3ccccc3O2)o1. The summed E-state index contributed by atoms with van der Waals surface area (Å²) in [6.45, 7) is 0.576. The van der Waals surface area contributed by atoms with Crippen LogP contribution in [0.3, 0.4) is 0 Å². The van der Waals surface area contributed by atoms with E-state index in [1.807, 2.05) is 25.2 Å². The Morgan fingerprint density at radius 3 is 3.06 bits per heavy atom. The summed E-state index contributed by atoms with van der Waals surface area (Å²) in [5.74, 6) is 2.04. The highest BCUT2D eigenvalue weighted by molar-refractivity contribution is 5.37. The molecule has 1 atom stereocenters. The van der Waals surface area contributed by atoms with E-state index < -0.39 is 0 Å². The van der Waals surface area contributed by atoms with E-state index in [0.29, 0.717) is 18.3 Å². The maximum atomic E-state index is 5.77. The van der Waals surface area contributed by atoms with Crippen LogP contribution in [0, 0.1) is 0 Å². The zero-order valence-corrected chi connectivity index (χ0v) is 9.51. The van der Waals surface area contributed by atoms with Crippen molar-refractivity contribution in [2.45, 2.75) is 19.1 Å². The molecule has 5 heteroatoms. The van der Waals surface area contributed by atoms with Gasteiger partial charge in [-0.05, 0) is 18.7 Å². The van der Waals surface area contributed by atoms with Crippen molar-refractivity contribution in [3.05, 3.63) is 41.6 Å². The molecule has 88 valence electrons. The Labute approximate surface area is 98.8 Å². The summed E-state index contributed by atoms with van der Waals surface area (Å²) in [6, 6.07) is 7.98. The molecule has 0 spiro atoms. The van der Waals surface area contributed by atoms with Crippen LogP contribution in [-0.4, -0.2) is 17.2 Å². The lowest BCUT2D eigenvalue weighted by atomic mass is 10.1. The van der Waals surface area contributed by atoms with Crippen LogP contribution in [0.25, 0.3) is 0 Å². The molecule has 1 unspecified atom stereocenters. The smallest absolute Gasteiger partial charge is 0.257 e. The van der Waals surface area contributed by atoms with Crippen molar-refractivity contribution in [1.29, 1.82) is 0 Å². The summed E-state index contributed by atoms with van der Waals surface area (Å²) >= 11 is 0. The van der Waals surface area contributed by atoms with Crippen molar-refractivity contribution in [3.63, 3.8) is 0 Å². The average molecular weight is 231 g/mol. The molecule has 2 aromatic rings. The Morgan fingerprint density at radius 2 is 2.24 bits per heavy atom. The van der Waals surface area contributed by atoms with Gasteiger partial charge in [-0.3, -0.25) is 0 Å².